The highest BCUT2D eigenvalue weighted by molar-refractivity contribution is 7.99. The molecule has 3 aromatic rings. The molecule has 0 aliphatic rings. The number of para-hydroxylation sites is 2. The molecule has 27 heavy (non-hydrogen) atoms. The fourth-order valence-electron chi connectivity index (χ4n) is 2.68. The summed E-state index contributed by atoms with van der Waals surface area (Å²) in [6.45, 7) is 3.49. The van der Waals surface area contributed by atoms with Crippen molar-refractivity contribution in [2.75, 3.05) is 13.2 Å². The molecule has 0 aliphatic heterocycles. The van der Waals surface area contributed by atoms with Crippen LogP contribution in [0.5, 0.6) is 0 Å². The van der Waals surface area contributed by atoms with Gasteiger partial charge in [0.15, 0.2) is 5.16 Å². The molecule has 1 heterocycles. The van der Waals surface area contributed by atoms with Crippen molar-refractivity contribution in [3.63, 3.8) is 0 Å². The quantitative estimate of drug-likeness (QED) is 0.253. The van der Waals surface area contributed by atoms with Crippen LogP contribution in [0.3, 0.4) is 0 Å². The molecule has 0 spiro atoms. The molecule has 0 unspecified atom stereocenters. The number of aromatic nitrogens is 2. The van der Waals surface area contributed by atoms with Gasteiger partial charge in [-0.2, -0.15) is 0 Å². The summed E-state index contributed by atoms with van der Waals surface area (Å²) in [6, 6.07) is 13.6. The first-order valence-corrected chi connectivity index (χ1v) is 9.42. The fourth-order valence-corrected chi connectivity index (χ4v) is 3.70. The van der Waals surface area contributed by atoms with Crippen molar-refractivity contribution in [3.05, 3.63) is 69.0 Å². The molecule has 7 nitrogen and oxygen atoms in total. The smallest absolute Gasteiger partial charge is 0.283 e. The number of fused-ring (bicyclic) bond motifs is 1. The van der Waals surface area contributed by atoms with Gasteiger partial charge in [0, 0.05) is 25.8 Å². The lowest BCUT2D eigenvalue weighted by Crippen LogP contribution is -2.24. The summed E-state index contributed by atoms with van der Waals surface area (Å²) < 4.78 is 6.93. The minimum atomic E-state index is -0.430. The van der Waals surface area contributed by atoms with Gasteiger partial charge in [-0.15, -0.1) is 0 Å². The molecule has 0 amide bonds. The zero-order chi connectivity index (χ0) is 19.2. The first kappa shape index (κ1) is 19.1. The lowest BCUT2D eigenvalue weighted by Gasteiger charge is -2.13. The Bertz CT molecular complexity index is 1020. The molecule has 0 saturated carbocycles. The molecule has 0 aliphatic carbocycles. The van der Waals surface area contributed by atoms with Crippen LogP contribution in [0.15, 0.2) is 63.4 Å². The Morgan fingerprint density at radius 2 is 1.93 bits per heavy atom. The van der Waals surface area contributed by atoms with E-state index in [1.54, 1.807) is 41.0 Å². The predicted octanol–water partition coefficient (Wildman–Crippen LogP) is 3.88. The van der Waals surface area contributed by atoms with E-state index in [0.29, 0.717) is 47.1 Å². The Kier molecular flexibility index (Phi) is 6.20. The number of rotatable bonds is 8. The molecule has 0 saturated heterocycles. The second kappa shape index (κ2) is 8.79. The van der Waals surface area contributed by atoms with Crippen LogP contribution in [0.2, 0.25) is 0 Å². The third-order valence-electron chi connectivity index (χ3n) is 3.96. The van der Waals surface area contributed by atoms with Crippen molar-refractivity contribution >= 4 is 28.4 Å². The van der Waals surface area contributed by atoms with Crippen LogP contribution in [0.4, 0.5) is 5.69 Å². The summed E-state index contributed by atoms with van der Waals surface area (Å²) in [5.74, 6) is 0. The van der Waals surface area contributed by atoms with Crippen LogP contribution in [-0.2, 0) is 11.3 Å². The van der Waals surface area contributed by atoms with E-state index < -0.39 is 4.92 Å². The van der Waals surface area contributed by atoms with Gasteiger partial charge in [0.05, 0.1) is 20.7 Å². The zero-order valence-electron chi connectivity index (χ0n) is 14.8. The second-order valence-electron chi connectivity index (χ2n) is 5.75. The lowest BCUT2D eigenvalue weighted by atomic mass is 10.2. The lowest BCUT2D eigenvalue weighted by molar-refractivity contribution is -0.387. The maximum absolute atomic E-state index is 13.0. The Labute approximate surface area is 160 Å². The number of hydrogen-bond donors (Lipinski definition) is 0. The summed E-state index contributed by atoms with van der Waals surface area (Å²) in [6.07, 6.45) is 0.651. The van der Waals surface area contributed by atoms with Gasteiger partial charge in [-0.3, -0.25) is 19.5 Å². The summed E-state index contributed by atoms with van der Waals surface area (Å²) in [4.78, 5) is 28.9. The third-order valence-corrected chi connectivity index (χ3v) is 5.02. The van der Waals surface area contributed by atoms with Gasteiger partial charge in [0.2, 0.25) is 0 Å². The molecule has 0 N–H and O–H groups in total. The number of ether oxygens (including phenoxy) is 1. The minimum Gasteiger partial charge on any atom is -0.382 e. The number of hydrogen-bond acceptors (Lipinski definition) is 6. The van der Waals surface area contributed by atoms with Gasteiger partial charge in [-0.25, -0.2) is 4.98 Å². The van der Waals surface area contributed by atoms with E-state index in [1.165, 1.54) is 6.07 Å². The molecule has 2 aromatic carbocycles. The highest BCUT2D eigenvalue weighted by Gasteiger charge is 2.18. The molecular formula is C19H19N3O4S. The van der Waals surface area contributed by atoms with Gasteiger partial charge in [0.25, 0.3) is 11.2 Å². The van der Waals surface area contributed by atoms with Gasteiger partial charge >= 0.3 is 0 Å². The molecule has 3 rings (SSSR count). The van der Waals surface area contributed by atoms with Crippen LogP contribution in [0, 0.1) is 10.1 Å². The van der Waals surface area contributed by atoms with Crippen molar-refractivity contribution in [3.8, 4) is 0 Å². The van der Waals surface area contributed by atoms with E-state index >= 15 is 0 Å². The largest absolute Gasteiger partial charge is 0.382 e. The number of nitrogens with zero attached hydrogens (tertiary/aromatic N) is 3. The van der Waals surface area contributed by atoms with Crippen molar-refractivity contribution in [2.45, 2.75) is 29.9 Å². The van der Waals surface area contributed by atoms with Crippen molar-refractivity contribution in [1.29, 1.82) is 0 Å². The van der Waals surface area contributed by atoms with Crippen LogP contribution in [-0.4, -0.2) is 27.7 Å². The minimum absolute atomic E-state index is 0.00854. The Morgan fingerprint density at radius 1 is 1.19 bits per heavy atom. The average molecular weight is 385 g/mol. The normalized spacial score (nSPS) is 11.0. The van der Waals surface area contributed by atoms with Gasteiger partial charge in [-0.1, -0.05) is 24.3 Å². The molecule has 1 aromatic heterocycles. The summed E-state index contributed by atoms with van der Waals surface area (Å²) in [5.41, 5.74) is 0.411. The van der Waals surface area contributed by atoms with Gasteiger partial charge in [-0.05, 0) is 43.3 Å². The first-order valence-electron chi connectivity index (χ1n) is 8.60. The SMILES string of the molecule is CCOCCCn1c(Sc2ccccc2[N+](=O)[O-])nc2ccccc2c1=O. The molecule has 0 fully saturated rings. The maximum Gasteiger partial charge on any atom is 0.283 e. The summed E-state index contributed by atoms with van der Waals surface area (Å²) >= 11 is 1.13. The molecule has 140 valence electrons. The molecular weight excluding hydrogens is 366 g/mol. The van der Waals surface area contributed by atoms with Crippen molar-refractivity contribution in [1.82, 2.24) is 9.55 Å². The molecule has 0 atom stereocenters. The second-order valence-corrected chi connectivity index (χ2v) is 6.75. The molecule has 0 bridgehead atoms. The average Bonchev–Trinajstić information content (AvgIpc) is 2.67. The highest BCUT2D eigenvalue weighted by atomic mass is 32.2. The van der Waals surface area contributed by atoms with Gasteiger partial charge in [0.1, 0.15) is 0 Å². The summed E-state index contributed by atoms with van der Waals surface area (Å²) in [7, 11) is 0. The Balaban J connectivity index is 2.05. The zero-order valence-corrected chi connectivity index (χ0v) is 15.6. The molecule has 0 radical (unpaired) electrons. The highest BCUT2D eigenvalue weighted by Crippen LogP contribution is 2.33. The Morgan fingerprint density at radius 3 is 2.70 bits per heavy atom. The molecule has 8 heteroatoms. The topological polar surface area (TPSA) is 87.3 Å². The standard InChI is InChI=1S/C19H19N3O4S/c1-2-26-13-7-12-21-18(23)14-8-3-4-9-15(14)20-19(21)27-17-11-6-5-10-16(17)22(24)25/h3-6,8-11H,2,7,12-13H2,1H3. The number of nitro benzene ring substituents is 1. The van der Waals surface area contributed by atoms with Crippen LogP contribution >= 0.6 is 11.8 Å². The fraction of sp³-hybridized carbons (Fsp3) is 0.263. The Hall–Kier alpha value is -2.71. The number of benzene rings is 2. The first-order chi connectivity index (χ1) is 13.1. The van der Waals surface area contributed by atoms with E-state index in [4.69, 9.17) is 4.74 Å². The van der Waals surface area contributed by atoms with E-state index in [1.807, 2.05) is 13.0 Å². The van der Waals surface area contributed by atoms with E-state index in [-0.39, 0.29) is 11.2 Å². The van der Waals surface area contributed by atoms with Crippen LogP contribution in [0.1, 0.15) is 13.3 Å². The van der Waals surface area contributed by atoms with Gasteiger partial charge < -0.3 is 4.74 Å². The summed E-state index contributed by atoms with van der Waals surface area (Å²) in [5, 5.41) is 12.3. The predicted molar refractivity (Wildman–Crippen MR) is 104 cm³/mol. The van der Waals surface area contributed by atoms with E-state index in [0.717, 1.165) is 11.8 Å². The van der Waals surface area contributed by atoms with E-state index in [2.05, 4.69) is 4.98 Å². The van der Waals surface area contributed by atoms with E-state index in [9.17, 15) is 14.9 Å². The van der Waals surface area contributed by atoms with Crippen molar-refractivity contribution < 1.29 is 9.66 Å². The van der Waals surface area contributed by atoms with Crippen molar-refractivity contribution in [2.24, 2.45) is 0 Å². The van der Waals surface area contributed by atoms with Crippen LogP contribution < -0.4 is 5.56 Å². The maximum atomic E-state index is 13.0. The third kappa shape index (κ3) is 4.35. The van der Waals surface area contributed by atoms with Crippen LogP contribution in [0.25, 0.3) is 10.9 Å². The monoisotopic (exact) mass is 385 g/mol. The number of nitro groups is 1.